The third kappa shape index (κ3) is 3.72. The van der Waals surface area contributed by atoms with Crippen LogP contribution in [0.25, 0.3) is 5.57 Å². The molecular weight excluding hydrogens is 346 g/mol. The first-order valence-corrected chi connectivity index (χ1v) is 8.94. The Bertz CT molecular complexity index is 933. The minimum Gasteiger partial charge on any atom is -0.495 e. The molecule has 7 heteroatoms. The van der Waals surface area contributed by atoms with Crippen molar-refractivity contribution in [3.05, 3.63) is 58.4 Å². The molecule has 1 N–H and O–H groups in total. The summed E-state index contributed by atoms with van der Waals surface area (Å²) in [7, 11) is 1.61. The molecule has 0 amide bonds. The van der Waals surface area contributed by atoms with E-state index in [4.69, 9.17) is 9.47 Å². The van der Waals surface area contributed by atoms with Crippen molar-refractivity contribution >= 4 is 17.2 Å². The molecule has 0 spiro atoms. The van der Waals surface area contributed by atoms with Crippen molar-refractivity contribution in [2.75, 3.05) is 19.0 Å². The first-order chi connectivity index (χ1) is 13.1. The normalized spacial score (nSPS) is 17.3. The predicted molar refractivity (Wildman–Crippen MR) is 103 cm³/mol. The van der Waals surface area contributed by atoms with E-state index in [1.165, 1.54) is 6.20 Å². The van der Waals surface area contributed by atoms with Crippen molar-refractivity contribution in [3.63, 3.8) is 0 Å². The summed E-state index contributed by atoms with van der Waals surface area (Å²) in [5.74, 6) is 0.650. The highest BCUT2D eigenvalue weighted by Crippen LogP contribution is 2.31. The van der Waals surface area contributed by atoms with E-state index in [0.29, 0.717) is 5.82 Å². The van der Waals surface area contributed by atoms with Crippen LogP contribution in [0.15, 0.2) is 41.5 Å². The SMILES string of the molecule is CCOC(=O)c1cnc2n(c1=O)C(C)CC/C2=C\Nc1ccccc1OC. The van der Waals surface area contributed by atoms with E-state index in [1.807, 2.05) is 37.4 Å². The lowest BCUT2D eigenvalue weighted by atomic mass is 10.0. The van der Waals surface area contributed by atoms with Gasteiger partial charge in [-0.05, 0) is 38.8 Å². The number of para-hydroxylation sites is 2. The van der Waals surface area contributed by atoms with Crippen LogP contribution in [0.3, 0.4) is 0 Å². The van der Waals surface area contributed by atoms with Crippen molar-refractivity contribution in [1.29, 1.82) is 0 Å². The van der Waals surface area contributed by atoms with Gasteiger partial charge in [-0.15, -0.1) is 0 Å². The number of nitrogens with zero attached hydrogens (tertiary/aromatic N) is 2. The Balaban J connectivity index is 1.98. The van der Waals surface area contributed by atoms with Crippen molar-refractivity contribution in [2.24, 2.45) is 0 Å². The summed E-state index contributed by atoms with van der Waals surface area (Å²) in [4.78, 5) is 29.2. The number of benzene rings is 1. The number of aromatic nitrogens is 2. The molecule has 3 rings (SSSR count). The van der Waals surface area contributed by atoms with Crippen LogP contribution in [0, 0.1) is 0 Å². The molecular formula is C20H23N3O4. The van der Waals surface area contributed by atoms with Gasteiger partial charge in [0.2, 0.25) is 0 Å². The fraction of sp³-hybridized carbons (Fsp3) is 0.350. The lowest BCUT2D eigenvalue weighted by Crippen LogP contribution is -2.34. The number of esters is 1. The molecule has 7 nitrogen and oxygen atoms in total. The van der Waals surface area contributed by atoms with E-state index in [0.717, 1.165) is 29.9 Å². The van der Waals surface area contributed by atoms with Crippen LogP contribution in [0.1, 0.15) is 48.9 Å². The highest BCUT2D eigenvalue weighted by atomic mass is 16.5. The van der Waals surface area contributed by atoms with E-state index < -0.39 is 5.97 Å². The molecule has 0 saturated heterocycles. The predicted octanol–water partition coefficient (Wildman–Crippen LogP) is 3.24. The van der Waals surface area contributed by atoms with Crippen molar-refractivity contribution in [1.82, 2.24) is 9.55 Å². The standard InChI is InChI=1S/C20H23N3O4/c1-4-27-20(25)15-12-22-18-14(10-9-13(2)23(18)19(15)24)11-21-16-7-5-6-8-17(16)26-3/h5-8,11-13,21H,4,9-10H2,1-3H3/b14-11+. The molecule has 0 fully saturated rings. The Morgan fingerprint density at radius 2 is 2.19 bits per heavy atom. The molecule has 2 aromatic rings. The maximum absolute atomic E-state index is 12.8. The Hall–Kier alpha value is -3.09. The van der Waals surface area contributed by atoms with Gasteiger partial charge in [-0.3, -0.25) is 9.36 Å². The number of allylic oxidation sites excluding steroid dienone is 1. The third-order valence-corrected chi connectivity index (χ3v) is 4.56. The van der Waals surface area contributed by atoms with Crippen LogP contribution >= 0.6 is 0 Å². The quantitative estimate of drug-likeness (QED) is 0.815. The van der Waals surface area contributed by atoms with E-state index in [9.17, 15) is 9.59 Å². The smallest absolute Gasteiger partial charge is 0.345 e. The molecule has 1 unspecified atom stereocenters. The molecule has 0 radical (unpaired) electrons. The molecule has 1 aromatic heterocycles. The van der Waals surface area contributed by atoms with Gasteiger partial charge in [-0.1, -0.05) is 12.1 Å². The lowest BCUT2D eigenvalue weighted by Gasteiger charge is -2.26. The van der Waals surface area contributed by atoms with Gasteiger partial charge in [-0.25, -0.2) is 9.78 Å². The largest absolute Gasteiger partial charge is 0.495 e. The Labute approximate surface area is 157 Å². The van der Waals surface area contributed by atoms with Gasteiger partial charge >= 0.3 is 5.97 Å². The van der Waals surface area contributed by atoms with Gasteiger partial charge in [-0.2, -0.15) is 0 Å². The maximum Gasteiger partial charge on any atom is 0.345 e. The first kappa shape index (κ1) is 18.7. The number of anilines is 1. The Kier molecular flexibility index (Phi) is 5.59. The first-order valence-electron chi connectivity index (χ1n) is 8.94. The van der Waals surface area contributed by atoms with E-state index >= 15 is 0 Å². The molecule has 1 aromatic carbocycles. The Morgan fingerprint density at radius 3 is 2.93 bits per heavy atom. The minimum atomic E-state index is -0.638. The van der Waals surface area contributed by atoms with Crippen LogP contribution in [0.2, 0.25) is 0 Å². The number of nitrogens with one attached hydrogen (secondary N) is 1. The maximum atomic E-state index is 12.8. The van der Waals surface area contributed by atoms with Gasteiger partial charge in [0.25, 0.3) is 5.56 Å². The molecule has 2 heterocycles. The number of ether oxygens (including phenoxy) is 2. The molecule has 1 atom stereocenters. The number of hydrogen-bond donors (Lipinski definition) is 1. The summed E-state index contributed by atoms with van der Waals surface area (Å²) in [6, 6.07) is 7.54. The second-order valence-electron chi connectivity index (χ2n) is 6.29. The van der Waals surface area contributed by atoms with Gasteiger partial charge in [0.15, 0.2) is 0 Å². The van der Waals surface area contributed by atoms with Crippen molar-refractivity contribution in [3.8, 4) is 5.75 Å². The van der Waals surface area contributed by atoms with Crippen LogP contribution in [0.4, 0.5) is 5.69 Å². The van der Waals surface area contributed by atoms with Gasteiger partial charge in [0, 0.05) is 24.0 Å². The number of methoxy groups -OCH3 is 1. The van der Waals surface area contributed by atoms with Gasteiger partial charge in [0.05, 0.1) is 19.4 Å². The van der Waals surface area contributed by atoms with Crippen molar-refractivity contribution in [2.45, 2.75) is 32.7 Å². The number of carbonyl (C=O) groups is 1. The number of rotatable bonds is 5. The fourth-order valence-electron chi connectivity index (χ4n) is 3.14. The van der Waals surface area contributed by atoms with Gasteiger partial charge in [0.1, 0.15) is 17.1 Å². The molecule has 27 heavy (non-hydrogen) atoms. The van der Waals surface area contributed by atoms with Crippen LogP contribution in [-0.2, 0) is 4.74 Å². The summed E-state index contributed by atoms with van der Waals surface area (Å²) in [5.41, 5.74) is 1.31. The zero-order valence-corrected chi connectivity index (χ0v) is 15.7. The molecule has 1 aliphatic heterocycles. The van der Waals surface area contributed by atoms with E-state index in [1.54, 1.807) is 18.6 Å². The van der Waals surface area contributed by atoms with Crippen LogP contribution in [0.5, 0.6) is 5.75 Å². The average Bonchev–Trinajstić information content (AvgIpc) is 2.68. The molecule has 0 bridgehead atoms. The fourth-order valence-corrected chi connectivity index (χ4v) is 3.14. The van der Waals surface area contributed by atoms with E-state index in [-0.39, 0.29) is 23.8 Å². The average molecular weight is 369 g/mol. The van der Waals surface area contributed by atoms with Crippen LogP contribution < -0.4 is 15.6 Å². The molecule has 0 aliphatic carbocycles. The zero-order valence-electron chi connectivity index (χ0n) is 15.7. The van der Waals surface area contributed by atoms with Crippen molar-refractivity contribution < 1.29 is 14.3 Å². The molecule has 1 aliphatic rings. The van der Waals surface area contributed by atoms with Crippen LogP contribution in [-0.4, -0.2) is 29.2 Å². The summed E-state index contributed by atoms with van der Waals surface area (Å²) in [6.07, 6.45) is 4.70. The zero-order chi connectivity index (χ0) is 19.4. The Morgan fingerprint density at radius 1 is 1.41 bits per heavy atom. The second-order valence-corrected chi connectivity index (χ2v) is 6.29. The lowest BCUT2D eigenvalue weighted by molar-refractivity contribution is 0.0522. The molecule has 0 saturated carbocycles. The minimum absolute atomic E-state index is 0.0358. The summed E-state index contributed by atoms with van der Waals surface area (Å²) in [5, 5.41) is 3.23. The third-order valence-electron chi connectivity index (χ3n) is 4.56. The summed E-state index contributed by atoms with van der Waals surface area (Å²) in [6.45, 7) is 3.86. The number of fused-ring (bicyclic) bond motifs is 1. The summed E-state index contributed by atoms with van der Waals surface area (Å²) >= 11 is 0. The second kappa shape index (κ2) is 8.07. The highest BCUT2D eigenvalue weighted by molar-refractivity contribution is 5.88. The number of carbonyl (C=O) groups excluding carboxylic acids is 1. The monoisotopic (exact) mass is 369 g/mol. The van der Waals surface area contributed by atoms with E-state index in [2.05, 4.69) is 10.3 Å². The summed E-state index contributed by atoms with van der Waals surface area (Å²) < 4.78 is 11.9. The molecule has 142 valence electrons. The highest BCUT2D eigenvalue weighted by Gasteiger charge is 2.26. The topological polar surface area (TPSA) is 82.5 Å². The van der Waals surface area contributed by atoms with Gasteiger partial charge < -0.3 is 14.8 Å². The number of hydrogen-bond acceptors (Lipinski definition) is 6.